The maximum absolute atomic E-state index is 12.6. The molecule has 2 aromatic carbocycles. The fourth-order valence-electron chi connectivity index (χ4n) is 3.20. The summed E-state index contributed by atoms with van der Waals surface area (Å²) in [5.74, 6) is 1.36. The molecule has 2 amide bonds. The van der Waals surface area contributed by atoms with E-state index in [1.807, 2.05) is 24.3 Å². The molecular weight excluding hydrogens is 404 g/mol. The number of anilines is 1. The van der Waals surface area contributed by atoms with Gasteiger partial charge in [-0.3, -0.25) is 14.6 Å². The van der Waals surface area contributed by atoms with Crippen LogP contribution in [0.2, 0.25) is 0 Å². The lowest BCUT2D eigenvalue weighted by atomic mass is 10.1. The molecule has 154 valence electrons. The van der Waals surface area contributed by atoms with Crippen molar-refractivity contribution in [3.63, 3.8) is 0 Å². The van der Waals surface area contributed by atoms with E-state index < -0.39 is 6.04 Å². The molecule has 2 aliphatic heterocycles. The number of rotatable bonds is 5. The van der Waals surface area contributed by atoms with Gasteiger partial charge in [-0.15, -0.1) is 0 Å². The van der Waals surface area contributed by atoms with E-state index in [1.54, 1.807) is 32.2 Å². The largest absolute Gasteiger partial charge is 0.497 e. The third kappa shape index (κ3) is 3.63. The minimum absolute atomic E-state index is 0.0623. The van der Waals surface area contributed by atoms with Gasteiger partial charge in [0.1, 0.15) is 23.4 Å². The van der Waals surface area contributed by atoms with Crippen LogP contribution in [0.15, 0.2) is 52.4 Å². The minimum atomic E-state index is -0.480. The number of methoxy groups -OCH3 is 2. The molecule has 0 saturated heterocycles. The Bertz CT molecular complexity index is 1080. The molecule has 0 aliphatic carbocycles. The van der Waals surface area contributed by atoms with Crippen LogP contribution in [0.5, 0.6) is 11.5 Å². The second kappa shape index (κ2) is 8.19. The number of hydrogen-bond donors (Lipinski definition) is 1. The minimum Gasteiger partial charge on any atom is -0.497 e. The highest BCUT2D eigenvalue weighted by Crippen LogP contribution is 2.34. The number of benzene rings is 2. The molecule has 2 heterocycles. The van der Waals surface area contributed by atoms with E-state index in [-0.39, 0.29) is 17.6 Å². The summed E-state index contributed by atoms with van der Waals surface area (Å²) in [6.45, 7) is 1.75. The normalized spacial score (nSPS) is 17.0. The van der Waals surface area contributed by atoms with E-state index in [2.05, 4.69) is 15.3 Å². The zero-order valence-electron chi connectivity index (χ0n) is 16.7. The summed E-state index contributed by atoms with van der Waals surface area (Å²) in [5.41, 5.74) is 2.04. The molecule has 4 rings (SSSR count). The number of amidine groups is 2. The van der Waals surface area contributed by atoms with E-state index in [0.29, 0.717) is 28.2 Å². The standard InChI is InChI=1S/C21H20N4O4S/c1-12-20(27)25-19(22-12)14-6-4-5-7-15(14)24-21(25)30-11-18(26)23-16-10-13(28-2)8-9-17(16)29-3/h4-10,12H,11H2,1-3H3,(H,23,26). The number of amides is 2. The second-order valence-corrected chi connectivity index (χ2v) is 7.56. The monoisotopic (exact) mass is 424 g/mol. The van der Waals surface area contributed by atoms with Gasteiger partial charge in [-0.2, -0.15) is 0 Å². The lowest BCUT2D eigenvalue weighted by molar-refractivity contribution is -0.124. The summed E-state index contributed by atoms with van der Waals surface area (Å²) in [6.07, 6.45) is 0. The van der Waals surface area contributed by atoms with Crippen LogP contribution in [0.25, 0.3) is 0 Å². The summed E-state index contributed by atoms with van der Waals surface area (Å²) < 4.78 is 10.5. The fourth-order valence-corrected chi connectivity index (χ4v) is 4.00. The highest BCUT2D eigenvalue weighted by atomic mass is 32.2. The molecule has 2 aromatic rings. The van der Waals surface area contributed by atoms with Crippen molar-refractivity contribution < 1.29 is 19.1 Å². The van der Waals surface area contributed by atoms with Gasteiger partial charge in [0.15, 0.2) is 5.17 Å². The Morgan fingerprint density at radius 3 is 2.77 bits per heavy atom. The highest BCUT2D eigenvalue weighted by molar-refractivity contribution is 8.14. The van der Waals surface area contributed by atoms with Gasteiger partial charge >= 0.3 is 0 Å². The van der Waals surface area contributed by atoms with E-state index >= 15 is 0 Å². The maximum Gasteiger partial charge on any atom is 0.258 e. The Kier molecular flexibility index (Phi) is 5.45. The van der Waals surface area contributed by atoms with Crippen LogP contribution in [-0.4, -0.2) is 53.7 Å². The zero-order valence-corrected chi connectivity index (χ0v) is 17.5. The van der Waals surface area contributed by atoms with Crippen molar-refractivity contribution in [3.05, 3.63) is 48.0 Å². The molecule has 0 bridgehead atoms. The average Bonchev–Trinajstić information content (AvgIpc) is 3.06. The molecule has 1 N–H and O–H groups in total. The molecule has 0 fully saturated rings. The summed E-state index contributed by atoms with van der Waals surface area (Å²) in [7, 11) is 3.08. The number of carbonyl (C=O) groups excluding carboxylic acids is 2. The summed E-state index contributed by atoms with van der Waals surface area (Å²) >= 11 is 1.18. The third-order valence-corrected chi connectivity index (χ3v) is 5.61. The Morgan fingerprint density at radius 2 is 2.00 bits per heavy atom. The fraction of sp³-hybridized carbons (Fsp3) is 0.238. The molecule has 0 radical (unpaired) electrons. The molecule has 1 unspecified atom stereocenters. The van der Waals surface area contributed by atoms with Crippen LogP contribution in [-0.2, 0) is 9.59 Å². The van der Waals surface area contributed by atoms with Crippen LogP contribution < -0.4 is 14.8 Å². The van der Waals surface area contributed by atoms with Gasteiger partial charge in [-0.25, -0.2) is 9.89 Å². The smallest absolute Gasteiger partial charge is 0.258 e. The van der Waals surface area contributed by atoms with E-state index in [1.165, 1.54) is 23.8 Å². The Morgan fingerprint density at radius 1 is 1.20 bits per heavy atom. The number of aliphatic imine (C=N–C) groups is 2. The van der Waals surface area contributed by atoms with Crippen molar-refractivity contribution >= 4 is 46.0 Å². The molecule has 0 aromatic heterocycles. The second-order valence-electron chi connectivity index (χ2n) is 6.62. The predicted molar refractivity (Wildman–Crippen MR) is 117 cm³/mol. The van der Waals surface area contributed by atoms with Gasteiger partial charge in [-0.1, -0.05) is 23.9 Å². The van der Waals surface area contributed by atoms with Crippen molar-refractivity contribution in [1.29, 1.82) is 0 Å². The van der Waals surface area contributed by atoms with Gasteiger partial charge < -0.3 is 14.8 Å². The van der Waals surface area contributed by atoms with Crippen LogP contribution in [0.4, 0.5) is 11.4 Å². The molecular formula is C21H20N4O4S. The van der Waals surface area contributed by atoms with Crippen molar-refractivity contribution in [1.82, 2.24) is 4.90 Å². The van der Waals surface area contributed by atoms with E-state index in [9.17, 15) is 9.59 Å². The predicted octanol–water partition coefficient (Wildman–Crippen LogP) is 3.05. The lowest BCUT2D eigenvalue weighted by Gasteiger charge is -2.25. The molecule has 8 nitrogen and oxygen atoms in total. The number of para-hydroxylation sites is 1. The van der Waals surface area contributed by atoms with Crippen LogP contribution in [0, 0.1) is 0 Å². The Hall–Kier alpha value is -3.33. The SMILES string of the molecule is COc1ccc(OC)c(NC(=O)CSC2=Nc3ccccc3C3=NC(C)C(=O)N23)c1. The van der Waals surface area contributed by atoms with Gasteiger partial charge in [0.25, 0.3) is 5.91 Å². The first kappa shape index (κ1) is 20.0. The summed E-state index contributed by atoms with van der Waals surface area (Å²) in [5, 5.41) is 3.26. The molecule has 0 saturated carbocycles. The topological polar surface area (TPSA) is 92.6 Å². The molecule has 30 heavy (non-hydrogen) atoms. The molecule has 1 atom stereocenters. The lowest BCUT2D eigenvalue weighted by Crippen LogP contribution is -2.41. The first-order valence-electron chi connectivity index (χ1n) is 9.26. The zero-order chi connectivity index (χ0) is 21.3. The Labute approximate surface area is 178 Å². The first-order chi connectivity index (χ1) is 14.5. The van der Waals surface area contributed by atoms with Crippen LogP contribution >= 0.6 is 11.8 Å². The summed E-state index contributed by atoms with van der Waals surface area (Å²) in [4.78, 5) is 35.8. The van der Waals surface area contributed by atoms with Crippen molar-refractivity contribution in [2.45, 2.75) is 13.0 Å². The van der Waals surface area contributed by atoms with Crippen LogP contribution in [0.1, 0.15) is 12.5 Å². The number of hydrogen-bond acceptors (Lipinski definition) is 7. The molecule has 9 heteroatoms. The average molecular weight is 424 g/mol. The number of nitrogens with one attached hydrogen (secondary N) is 1. The Balaban J connectivity index is 1.52. The van der Waals surface area contributed by atoms with Gasteiger partial charge in [0, 0.05) is 11.6 Å². The van der Waals surface area contributed by atoms with E-state index in [0.717, 1.165) is 11.3 Å². The van der Waals surface area contributed by atoms with Gasteiger partial charge in [0.05, 0.1) is 31.3 Å². The molecule has 0 spiro atoms. The number of nitrogens with zero attached hydrogens (tertiary/aromatic N) is 3. The number of ether oxygens (including phenoxy) is 2. The first-order valence-corrected chi connectivity index (χ1v) is 10.2. The number of fused-ring (bicyclic) bond motifs is 3. The van der Waals surface area contributed by atoms with Crippen molar-refractivity contribution in [2.75, 3.05) is 25.3 Å². The van der Waals surface area contributed by atoms with Crippen LogP contribution in [0.3, 0.4) is 0 Å². The van der Waals surface area contributed by atoms with Gasteiger partial charge in [0.2, 0.25) is 5.91 Å². The van der Waals surface area contributed by atoms with Crippen molar-refractivity contribution in [3.8, 4) is 11.5 Å². The van der Waals surface area contributed by atoms with E-state index in [4.69, 9.17) is 9.47 Å². The highest BCUT2D eigenvalue weighted by Gasteiger charge is 2.39. The number of carbonyl (C=O) groups is 2. The van der Waals surface area contributed by atoms with Crippen molar-refractivity contribution in [2.24, 2.45) is 9.98 Å². The number of thioether (sulfide) groups is 1. The third-order valence-electron chi connectivity index (χ3n) is 4.67. The summed E-state index contributed by atoms with van der Waals surface area (Å²) in [6, 6.07) is 12.2. The molecule has 2 aliphatic rings. The van der Waals surface area contributed by atoms with Gasteiger partial charge in [-0.05, 0) is 31.2 Å². The maximum atomic E-state index is 12.6. The quantitative estimate of drug-likeness (QED) is 0.796.